The summed E-state index contributed by atoms with van der Waals surface area (Å²) in [5.41, 5.74) is 3.50. The molecule has 0 saturated heterocycles. The highest BCUT2D eigenvalue weighted by Crippen LogP contribution is 2.60. The van der Waals surface area contributed by atoms with Crippen LogP contribution >= 0.6 is 0 Å². The Balaban J connectivity index is 1.72. The van der Waals surface area contributed by atoms with E-state index < -0.39 is 5.60 Å². The maximum absolute atomic E-state index is 10.9. The first-order chi connectivity index (χ1) is 14.0. The lowest BCUT2D eigenvalue weighted by molar-refractivity contribution is -0.00259. The third-order valence-electron chi connectivity index (χ3n) is 8.52. The highest BCUT2D eigenvalue weighted by molar-refractivity contribution is 5.36. The molecule has 0 amide bonds. The molecule has 0 heterocycles. The molecule has 3 fully saturated rings. The van der Waals surface area contributed by atoms with Crippen molar-refractivity contribution in [2.75, 3.05) is 0 Å². The molecule has 0 spiro atoms. The van der Waals surface area contributed by atoms with Gasteiger partial charge in [-0.1, -0.05) is 43.7 Å². The molecule has 170 valence electrons. The van der Waals surface area contributed by atoms with E-state index in [1.54, 1.807) is 5.57 Å². The van der Waals surface area contributed by atoms with E-state index in [-0.39, 0.29) is 23.5 Å². The molecule has 3 aliphatic rings. The molecule has 30 heavy (non-hydrogen) atoms. The largest absolute Gasteiger partial charge is 0.393 e. The van der Waals surface area contributed by atoms with Gasteiger partial charge in [0, 0.05) is 0 Å². The Hall–Kier alpha value is -0.900. The number of allylic oxidation sites excluding steroid dienone is 4. The fourth-order valence-electron chi connectivity index (χ4n) is 6.57. The second-order valence-corrected chi connectivity index (χ2v) is 11.3. The fraction of sp³-hybridized carbons (Fsp3) is 0.778. The summed E-state index contributed by atoms with van der Waals surface area (Å²) >= 11 is 0. The zero-order chi connectivity index (χ0) is 22.1. The summed E-state index contributed by atoms with van der Waals surface area (Å²) in [6, 6.07) is 0. The van der Waals surface area contributed by atoms with Crippen LogP contribution in [0.1, 0.15) is 91.9 Å². The molecule has 3 N–H and O–H groups in total. The summed E-state index contributed by atoms with van der Waals surface area (Å²) in [5, 5.41) is 30.9. The maximum Gasteiger partial charge on any atom is 0.0592 e. The standard InChI is InChI=1S/C27H44O3/c1-18-8-11-22(28)17-21(18)10-9-20-7-6-15-27(5)23(12-13-24(20)27)19(2)25(29)14-16-26(3,4)30/h9-10,19,22-25,28-30H,1,6-8,11-17H2,2-5H3/b20-9+,21-10-/t19-,22-,23+,24-,25+,27+/m0/s1. The van der Waals surface area contributed by atoms with Crippen LogP contribution in [0.4, 0.5) is 0 Å². The second-order valence-electron chi connectivity index (χ2n) is 11.3. The zero-order valence-electron chi connectivity index (χ0n) is 19.7. The van der Waals surface area contributed by atoms with Gasteiger partial charge in [-0.3, -0.25) is 0 Å². The molecule has 3 heteroatoms. The Bertz CT molecular complexity index is 683. The van der Waals surface area contributed by atoms with Crippen molar-refractivity contribution in [1.29, 1.82) is 0 Å². The van der Waals surface area contributed by atoms with Crippen LogP contribution in [0.25, 0.3) is 0 Å². The third kappa shape index (κ3) is 5.29. The van der Waals surface area contributed by atoms with Crippen molar-refractivity contribution >= 4 is 0 Å². The molecule has 3 rings (SSSR count). The molecule has 3 nitrogen and oxygen atoms in total. The van der Waals surface area contributed by atoms with Crippen LogP contribution in [-0.4, -0.2) is 33.1 Å². The fourth-order valence-corrected chi connectivity index (χ4v) is 6.57. The van der Waals surface area contributed by atoms with Crippen LogP contribution in [0.3, 0.4) is 0 Å². The molecule has 3 aliphatic carbocycles. The van der Waals surface area contributed by atoms with Gasteiger partial charge in [-0.05, 0) is 107 Å². The van der Waals surface area contributed by atoms with Gasteiger partial charge in [-0.25, -0.2) is 0 Å². The molecule has 0 radical (unpaired) electrons. The molecule has 3 saturated carbocycles. The maximum atomic E-state index is 10.9. The average Bonchev–Trinajstić information content (AvgIpc) is 3.03. The van der Waals surface area contributed by atoms with Gasteiger partial charge in [0.1, 0.15) is 0 Å². The van der Waals surface area contributed by atoms with Gasteiger partial charge >= 0.3 is 0 Å². The lowest BCUT2D eigenvalue weighted by Crippen LogP contribution is -2.39. The summed E-state index contributed by atoms with van der Waals surface area (Å²) in [6.45, 7) is 12.5. The lowest BCUT2D eigenvalue weighted by atomic mass is 9.60. The number of hydrogen-bond acceptors (Lipinski definition) is 3. The Labute approximate surface area is 184 Å². The van der Waals surface area contributed by atoms with Crippen LogP contribution in [0.2, 0.25) is 0 Å². The van der Waals surface area contributed by atoms with E-state index in [4.69, 9.17) is 0 Å². The minimum absolute atomic E-state index is 0.223. The molecule has 0 aromatic rings. The predicted molar refractivity (Wildman–Crippen MR) is 124 cm³/mol. The van der Waals surface area contributed by atoms with E-state index >= 15 is 0 Å². The van der Waals surface area contributed by atoms with Crippen molar-refractivity contribution < 1.29 is 15.3 Å². The Morgan fingerprint density at radius 3 is 2.63 bits per heavy atom. The van der Waals surface area contributed by atoms with Gasteiger partial charge < -0.3 is 15.3 Å². The molecule has 0 aliphatic heterocycles. The Morgan fingerprint density at radius 1 is 1.20 bits per heavy atom. The van der Waals surface area contributed by atoms with Crippen molar-refractivity contribution in [2.45, 2.75) is 110 Å². The smallest absolute Gasteiger partial charge is 0.0592 e. The average molecular weight is 417 g/mol. The molecule has 6 atom stereocenters. The van der Waals surface area contributed by atoms with E-state index in [0.29, 0.717) is 24.7 Å². The highest BCUT2D eigenvalue weighted by atomic mass is 16.3. The molecule has 0 bridgehead atoms. The number of aliphatic hydroxyl groups is 3. The summed E-state index contributed by atoms with van der Waals surface area (Å²) < 4.78 is 0. The van der Waals surface area contributed by atoms with Gasteiger partial charge in [-0.2, -0.15) is 0 Å². The first-order valence-electron chi connectivity index (χ1n) is 12.2. The van der Waals surface area contributed by atoms with Gasteiger partial charge in [0.25, 0.3) is 0 Å². The Morgan fingerprint density at radius 2 is 1.93 bits per heavy atom. The van der Waals surface area contributed by atoms with Crippen LogP contribution in [0.15, 0.2) is 35.5 Å². The van der Waals surface area contributed by atoms with Crippen molar-refractivity contribution in [2.24, 2.45) is 23.2 Å². The molecule has 0 unspecified atom stereocenters. The van der Waals surface area contributed by atoms with Crippen molar-refractivity contribution in [3.8, 4) is 0 Å². The van der Waals surface area contributed by atoms with E-state index in [0.717, 1.165) is 19.3 Å². The molecular weight excluding hydrogens is 372 g/mol. The quantitative estimate of drug-likeness (QED) is 0.520. The van der Waals surface area contributed by atoms with Gasteiger partial charge in [0.2, 0.25) is 0 Å². The SMILES string of the molecule is C=C1CC[C@H](O)C/C1=C/C=C1\CCC[C@]2(C)[C@@H]([C@H](C)[C@H](O)CCC(C)(C)O)CC[C@@H]12. The topological polar surface area (TPSA) is 60.7 Å². The van der Waals surface area contributed by atoms with Crippen molar-refractivity contribution in [3.63, 3.8) is 0 Å². The number of fused-ring (bicyclic) bond motifs is 1. The zero-order valence-corrected chi connectivity index (χ0v) is 19.7. The van der Waals surface area contributed by atoms with Gasteiger partial charge in [-0.15, -0.1) is 0 Å². The molecule has 0 aromatic carbocycles. The summed E-state index contributed by atoms with van der Waals surface area (Å²) in [6.07, 6.45) is 13.8. The van der Waals surface area contributed by atoms with E-state index in [1.807, 2.05) is 13.8 Å². The van der Waals surface area contributed by atoms with Crippen LogP contribution in [0.5, 0.6) is 0 Å². The third-order valence-corrected chi connectivity index (χ3v) is 8.52. The first-order valence-corrected chi connectivity index (χ1v) is 12.2. The summed E-state index contributed by atoms with van der Waals surface area (Å²) in [7, 11) is 0. The van der Waals surface area contributed by atoms with Gasteiger partial charge in [0.05, 0.1) is 17.8 Å². The minimum atomic E-state index is -0.715. The first kappa shape index (κ1) is 23.8. The number of rotatable bonds is 6. The molecular formula is C27H44O3. The van der Waals surface area contributed by atoms with Crippen LogP contribution in [0, 0.1) is 23.2 Å². The van der Waals surface area contributed by atoms with Crippen molar-refractivity contribution in [1.82, 2.24) is 0 Å². The number of hydrogen-bond donors (Lipinski definition) is 3. The number of aliphatic hydroxyl groups excluding tert-OH is 2. The predicted octanol–water partition coefficient (Wildman–Crippen LogP) is 5.70. The summed E-state index contributed by atoms with van der Waals surface area (Å²) in [5.74, 6) is 1.38. The monoisotopic (exact) mass is 416 g/mol. The highest BCUT2D eigenvalue weighted by Gasteiger charge is 2.51. The minimum Gasteiger partial charge on any atom is -0.393 e. The van der Waals surface area contributed by atoms with E-state index in [1.165, 1.54) is 43.3 Å². The van der Waals surface area contributed by atoms with Gasteiger partial charge in [0.15, 0.2) is 0 Å². The van der Waals surface area contributed by atoms with Crippen LogP contribution < -0.4 is 0 Å². The lowest BCUT2D eigenvalue weighted by Gasteiger charge is -2.45. The van der Waals surface area contributed by atoms with Crippen LogP contribution in [-0.2, 0) is 0 Å². The normalized spacial score (nSPS) is 37.4. The van der Waals surface area contributed by atoms with E-state index in [9.17, 15) is 15.3 Å². The van der Waals surface area contributed by atoms with E-state index in [2.05, 4.69) is 32.6 Å². The van der Waals surface area contributed by atoms with Crippen molar-refractivity contribution in [3.05, 3.63) is 35.5 Å². The second kappa shape index (κ2) is 9.30. The Kier molecular flexibility index (Phi) is 7.37. The summed E-state index contributed by atoms with van der Waals surface area (Å²) in [4.78, 5) is 0. The molecule has 0 aromatic heterocycles.